The lowest BCUT2D eigenvalue weighted by Crippen LogP contribution is -2.46. The Morgan fingerprint density at radius 3 is 2.52 bits per heavy atom. The van der Waals surface area contributed by atoms with Crippen LogP contribution in [0.25, 0.3) is 0 Å². The molecule has 2 aliphatic rings. The third-order valence-corrected chi connectivity index (χ3v) is 5.47. The van der Waals surface area contributed by atoms with E-state index in [1.54, 1.807) is 4.90 Å². The maximum atomic E-state index is 12.5. The van der Waals surface area contributed by atoms with Crippen LogP contribution in [0.1, 0.15) is 43.7 Å². The number of benzene rings is 1. The van der Waals surface area contributed by atoms with Crippen molar-refractivity contribution in [3.05, 3.63) is 35.4 Å². The summed E-state index contributed by atoms with van der Waals surface area (Å²) >= 11 is 0. The van der Waals surface area contributed by atoms with E-state index >= 15 is 0 Å². The summed E-state index contributed by atoms with van der Waals surface area (Å²) in [6.45, 7) is 6.34. The SMILES string of the molecule is Cc1ccc(CN2CCN(CC(=O)NC3CCCCC3C)C2=O)cc1. The van der Waals surface area contributed by atoms with Crippen molar-refractivity contribution in [1.82, 2.24) is 15.1 Å². The minimum absolute atomic E-state index is 0.0238. The van der Waals surface area contributed by atoms with Gasteiger partial charge in [0.15, 0.2) is 0 Å². The normalized spacial score (nSPS) is 23.8. The standard InChI is InChI=1S/C20H29N3O2/c1-15-7-9-17(10-8-15)13-22-11-12-23(20(22)25)14-19(24)21-18-6-4-3-5-16(18)2/h7-10,16,18H,3-6,11-14H2,1-2H3,(H,21,24). The van der Waals surface area contributed by atoms with Gasteiger partial charge in [-0.2, -0.15) is 0 Å². The maximum Gasteiger partial charge on any atom is 0.320 e. The summed E-state index contributed by atoms with van der Waals surface area (Å²) in [5.74, 6) is 0.509. The van der Waals surface area contributed by atoms with E-state index in [4.69, 9.17) is 0 Å². The second kappa shape index (κ2) is 7.89. The number of rotatable bonds is 5. The second-order valence-corrected chi connectivity index (χ2v) is 7.55. The summed E-state index contributed by atoms with van der Waals surface area (Å²) in [6, 6.07) is 8.47. The van der Waals surface area contributed by atoms with Crippen molar-refractivity contribution in [3.63, 3.8) is 0 Å². The van der Waals surface area contributed by atoms with E-state index in [1.807, 2.05) is 4.90 Å². The lowest BCUT2D eigenvalue weighted by atomic mass is 9.86. The van der Waals surface area contributed by atoms with Crippen LogP contribution in [0.2, 0.25) is 0 Å². The molecule has 136 valence electrons. The van der Waals surface area contributed by atoms with Gasteiger partial charge in [0.2, 0.25) is 5.91 Å². The Morgan fingerprint density at radius 2 is 1.80 bits per heavy atom. The Morgan fingerprint density at radius 1 is 1.12 bits per heavy atom. The second-order valence-electron chi connectivity index (χ2n) is 7.55. The lowest BCUT2D eigenvalue weighted by Gasteiger charge is -2.30. The summed E-state index contributed by atoms with van der Waals surface area (Å²) < 4.78 is 0. The van der Waals surface area contributed by atoms with E-state index in [0.29, 0.717) is 25.6 Å². The quantitative estimate of drug-likeness (QED) is 0.894. The Hall–Kier alpha value is -2.04. The number of nitrogens with one attached hydrogen (secondary N) is 1. The summed E-state index contributed by atoms with van der Waals surface area (Å²) in [4.78, 5) is 28.4. The van der Waals surface area contributed by atoms with Crippen molar-refractivity contribution in [2.24, 2.45) is 5.92 Å². The summed E-state index contributed by atoms with van der Waals surface area (Å²) in [5, 5.41) is 3.14. The first-order chi connectivity index (χ1) is 12.0. The van der Waals surface area contributed by atoms with Crippen molar-refractivity contribution in [3.8, 4) is 0 Å². The molecule has 1 N–H and O–H groups in total. The number of hydrogen-bond donors (Lipinski definition) is 1. The first-order valence-electron chi connectivity index (χ1n) is 9.41. The number of carbonyl (C=O) groups is 2. The summed E-state index contributed by atoms with van der Waals surface area (Å²) in [6.07, 6.45) is 4.67. The van der Waals surface area contributed by atoms with Crippen LogP contribution in [0, 0.1) is 12.8 Å². The average molecular weight is 343 g/mol. The molecule has 3 amide bonds. The largest absolute Gasteiger partial charge is 0.352 e. The highest BCUT2D eigenvalue weighted by Gasteiger charge is 2.31. The Kier molecular flexibility index (Phi) is 5.61. The first kappa shape index (κ1) is 17.8. The fourth-order valence-electron chi connectivity index (χ4n) is 3.80. The highest BCUT2D eigenvalue weighted by molar-refractivity contribution is 5.85. The maximum absolute atomic E-state index is 12.5. The molecule has 0 aromatic heterocycles. The molecule has 2 unspecified atom stereocenters. The molecule has 1 saturated heterocycles. The number of nitrogens with zero attached hydrogens (tertiary/aromatic N) is 2. The van der Waals surface area contributed by atoms with Crippen LogP contribution in [0.3, 0.4) is 0 Å². The van der Waals surface area contributed by atoms with E-state index < -0.39 is 0 Å². The van der Waals surface area contributed by atoms with Crippen LogP contribution in [-0.2, 0) is 11.3 Å². The third-order valence-electron chi connectivity index (χ3n) is 5.47. The minimum atomic E-state index is -0.0348. The molecule has 3 rings (SSSR count). The fraction of sp³-hybridized carbons (Fsp3) is 0.600. The van der Waals surface area contributed by atoms with Gasteiger partial charge in [-0.25, -0.2) is 4.79 Å². The van der Waals surface area contributed by atoms with Crippen LogP contribution in [-0.4, -0.2) is 47.4 Å². The van der Waals surface area contributed by atoms with Gasteiger partial charge in [0.25, 0.3) is 0 Å². The lowest BCUT2D eigenvalue weighted by molar-refractivity contribution is -0.122. The topological polar surface area (TPSA) is 52.6 Å². The molecular formula is C20H29N3O2. The molecule has 1 aliphatic carbocycles. The van der Waals surface area contributed by atoms with Gasteiger partial charge in [-0.1, -0.05) is 49.6 Å². The minimum Gasteiger partial charge on any atom is -0.352 e. The van der Waals surface area contributed by atoms with Crippen molar-refractivity contribution in [2.75, 3.05) is 19.6 Å². The molecular weight excluding hydrogens is 314 g/mol. The zero-order chi connectivity index (χ0) is 17.8. The number of hydrogen-bond acceptors (Lipinski definition) is 2. The average Bonchev–Trinajstić information content (AvgIpc) is 2.92. The van der Waals surface area contributed by atoms with Crippen LogP contribution in [0.4, 0.5) is 4.79 Å². The number of aryl methyl sites for hydroxylation is 1. The van der Waals surface area contributed by atoms with Gasteiger partial charge in [0, 0.05) is 25.7 Å². The Labute approximate surface area is 150 Å². The van der Waals surface area contributed by atoms with E-state index in [-0.39, 0.29) is 24.5 Å². The number of carbonyl (C=O) groups excluding carboxylic acids is 2. The van der Waals surface area contributed by atoms with Crippen LogP contribution in [0.15, 0.2) is 24.3 Å². The van der Waals surface area contributed by atoms with Gasteiger partial charge in [0.05, 0.1) is 0 Å². The molecule has 5 nitrogen and oxygen atoms in total. The smallest absolute Gasteiger partial charge is 0.320 e. The Balaban J connectivity index is 1.49. The van der Waals surface area contributed by atoms with Crippen molar-refractivity contribution < 1.29 is 9.59 Å². The van der Waals surface area contributed by atoms with Crippen molar-refractivity contribution in [1.29, 1.82) is 0 Å². The van der Waals surface area contributed by atoms with E-state index in [9.17, 15) is 9.59 Å². The molecule has 0 spiro atoms. The zero-order valence-electron chi connectivity index (χ0n) is 15.3. The highest BCUT2D eigenvalue weighted by atomic mass is 16.2. The van der Waals surface area contributed by atoms with Crippen molar-refractivity contribution >= 4 is 11.9 Å². The number of urea groups is 1. The van der Waals surface area contributed by atoms with Crippen molar-refractivity contribution in [2.45, 2.75) is 52.1 Å². The van der Waals surface area contributed by atoms with Crippen LogP contribution >= 0.6 is 0 Å². The molecule has 1 aromatic rings. The molecule has 1 saturated carbocycles. The molecule has 2 atom stereocenters. The molecule has 0 radical (unpaired) electrons. The Bertz CT molecular complexity index is 614. The van der Waals surface area contributed by atoms with E-state index in [1.165, 1.54) is 24.8 Å². The molecule has 1 heterocycles. The van der Waals surface area contributed by atoms with E-state index in [2.05, 4.69) is 43.4 Å². The van der Waals surface area contributed by atoms with Gasteiger partial charge in [0.1, 0.15) is 6.54 Å². The van der Waals surface area contributed by atoms with Gasteiger partial charge < -0.3 is 15.1 Å². The zero-order valence-corrected chi connectivity index (χ0v) is 15.3. The van der Waals surface area contributed by atoms with Gasteiger partial charge in [-0.05, 0) is 31.2 Å². The van der Waals surface area contributed by atoms with Gasteiger partial charge in [-0.15, -0.1) is 0 Å². The molecule has 1 aliphatic heterocycles. The highest BCUT2D eigenvalue weighted by Crippen LogP contribution is 2.23. The predicted octanol–water partition coefficient (Wildman–Crippen LogP) is 2.93. The molecule has 5 heteroatoms. The summed E-state index contributed by atoms with van der Waals surface area (Å²) in [5.41, 5.74) is 2.34. The monoisotopic (exact) mass is 343 g/mol. The third kappa shape index (κ3) is 4.53. The van der Waals surface area contributed by atoms with Gasteiger partial charge >= 0.3 is 6.03 Å². The molecule has 0 bridgehead atoms. The molecule has 25 heavy (non-hydrogen) atoms. The summed E-state index contributed by atoms with van der Waals surface area (Å²) in [7, 11) is 0. The predicted molar refractivity (Wildman–Crippen MR) is 98.1 cm³/mol. The van der Waals surface area contributed by atoms with Crippen LogP contribution in [0.5, 0.6) is 0 Å². The first-order valence-corrected chi connectivity index (χ1v) is 9.41. The van der Waals surface area contributed by atoms with E-state index in [0.717, 1.165) is 12.0 Å². The number of amides is 3. The van der Waals surface area contributed by atoms with Crippen LogP contribution < -0.4 is 5.32 Å². The molecule has 2 fully saturated rings. The molecule has 1 aromatic carbocycles. The van der Waals surface area contributed by atoms with Gasteiger partial charge in [-0.3, -0.25) is 4.79 Å². The fourth-order valence-corrected chi connectivity index (χ4v) is 3.80.